The van der Waals surface area contributed by atoms with E-state index in [9.17, 15) is 14.4 Å². The van der Waals surface area contributed by atoms with E-state index < -0.39 is 24.0 Å². The maximum Gasteiger partial charge on any atom is 0.332 e. The molecule has 19 heavy (non-hydrogen) atoms. The monoisotopic (exact) mass is 278 g/mol. The first-order valence-electron chi connectivity index (χ1n) is 6.15. The van der Waals surface area contributed by atoms with Crippen LogP contribution in [0.1, 0.15) is 51.9 Å². The second-order valence-corrected chi connectivity index (χ2v) is 3.99. The SMILES string of the molecule is CCCCC(O)C(=O)O.O=C(O)CCCCC(=O)O. The summed E-state index contributed by atoms with van der Waals surface area (Å²) in [6.07, 6.45) is 1.91. The molecular weight excluding hydrogens is 256 g/mol. The number of unbranched alkanes of at least 4 members (excludes halogenated alkanes) is 2. The number of hydrogen-bond acceptors (Lipinski definition) is 4. The lowest BCUT2D eigenvalue weighted by molar-refractivity contribution is -0.147. The van der Waals surface area contributed by atoms with Gasteiger partial charge in [-0.25, -0.2) is 4.79 Å². The topological polar surface area (TPSA) is 132 Å². The van der Waals surface area contributed by atoms with Crippen molar-refractivity contribution in [3.8, 4) is 0 Å². The first kappa shape index (κ1) is 19.7. The Morgan fingerprint density at radius 3 is 1.58 bits per heavy atom. The van der Waals surface area contributed by atoms with Crippen LogP contribution in [0.2, 0.25) is 0 Å². The number of hydrogen-bond donors (Lipinski definition) is 4. The fourth-order valence-corrected chi connectivity index (χ4v) is 1.07. The van der Waals surface area contributed by atoms with E-state index in [2.05, 4.69) is 0 Å². The van der Waals surface area contributed by atoms with Crippen molar-refractivity contribution in [1.29, 1.82) is 0 Å². The van der Waals surface area contributed by atoms with Crippen LogP contribution in [0.4, 0.5) is 0 Å². The Labute approximate surface area is 111 Å². The highest BCUT2D eigenvalue weighted by atomic mass is 16.4. The third kappa shape index (κ3) is 18.9. The van der Waals surface area contributed by atoms with Gasteiger partial charge in [-0.3, -0.25) is 9.59 Å². The fraction of sp³-hybridized carbons (Fsp3) is 0.750. The van der Waals surface area contributed by atoms with E-state index in [1.807, 2.05) is 6.92 Å². The van der Waals surface area contributed by atoms with Crippen LogP contribution in [0.15, 0.2) is 0 Å². The summed E-state index contributed by atoms with van der Waals surface area (Å²) >= 11 is 0. The molecule has 7 nitrogen and oxygen atoms in total. The predicted octanol–water partition coefficient (Wildman–Crippen LogP) is 1.34. The summed E-state index contributed by atoms with van der Waals surface area (Å²) in [4.78, 5) is 29.7. The molecule has 0 radical (unpaired) electrons. The number of carbonyl (C=O) groups is 3. The van der Waals surface area contributed by atoms with Crippen molar-refractivity contribution < 1.29 is 34.8 Å². The Morgan fingerprint density at radius 1 is 0.895 bits per heavy atom. The van der Waals surface area contributed by atoms with Gasteiger partial charge in [0.05, 0.1) is 0 Å². The second-order valence-electron chi connectivity index (χ2n) is 3.99. The molecule has 1 unspecified atom stereocenters. The predicted molar refractivity (Wildman–Crippen MR) is 66.9 cm³/mol. The lowest BCUT2D eigenvalue weighted by Crippen LogP contribution is -2.18. The van der Waals surface area contributed by atoms with E-state index >= 15 is 0 Å². The lowest BCUT2D eigenvalue weighted by Gasteiger charge is -2.01. The van der Waals surface area contributed by atoms with Crippen molar-refractivity contribution in [2.45, 2.75) is 58.0 Å². The summed E-state index contributed by atoms with van der Waals surface area (Å²) < 4.78 is 0. The van der Waals surface area contributed by atoms with Crippen molar-refractivity contribution in [2.24, 2.45) is 0 Å². The molecule has 0 saturated carbocycles. The highest BCUT2D eigenvalue weighted by Crippen LogP contribution is 1.99. The molecule has 0 spiro atoms. The fourth-order valence-electron chi connectivity index (χ4n) is 1.07. The maximum atomic E-state index is 9.96. The van der Waals surface area contributed by atoms with Gasteiger partial charge in [0.25, 0.3) is 0 Å². The minimum absolute atomic E-state index is 0.0628. The Kier molecular flexibility index (Phi) is 13.3. The van der Waals surface area contributed by atoms with Gasteiger partial charge in [0.1, 0.15) is 0 Å². The van der Waals surface area contributed by atoms with Crippen LogP contribution in [-0.4, -0.2) is 44.4 Å². The summed E-state index contributed by atoms with van der Waals surface area (Å²) in [5.41, 5.74) is 0. The average molecular weight is 278 g/mol. The molecule has 0 aromatic carbocycles. The molecule has 4 N–H and O–H groups in total. The van der Waals surface area contributed by atoms with Gasteiger partial charge in [-0.15, -0.1) is 0 Å². The summed E-state index contributed by atoms with van der Waals surface area (Å²) in [5, 5.41) is 33.1. The normalized spacial score (nSPS) is 11.1. The molecule has 0 aromatic heterocycles. The number of carboxylic acid groups (broad SMARTS) is 3. The Bertz CT molecular complexity index is 259. The molecule has 0 fully saturated rings. The van der Waals surface area contributed by atoms with Gasteiger partial charge in [0, 0.05) is 12.8 Å². The largest absolute Gasteiger partial charge is 0.481 e. The molecule has 0 aliphatic heterocycles. The molecule has 0 bridgehead atoms. The molecule has 7 heteroatoms. The Balaban J connectivity index is 0. The lowest BCUT2D eigenvalue weighted by atomic mass is 10.2. The minimum atomic E-state index is -1.16. The van der Waals surface area contributed by atoms with Gasteiger partial charge in [0.15, 0.2) is 6.10 Å². The molecule has 0 rings (SSSR count). The zero-order chi connectivity index (χ0) is 15.3. The molecule has 0 aromatic rings. The highest BCUT2D eigenvalue weighted by molar-refractivity contribution is 5.71. The van der Waals surface area contributed by atoms with Crippen LogP contribution >= 0.6 is 0 Å². The van der Waals surface area contributed by atoms with Crippen molar-refractivity contribution in [3.05, 3.63) is 0 Å². The van der Waals surface area contributed by atoms with Crippen LogP contribution in [0.3, 0.4) is 0 Å². The number of aliphatic carboxylic acids is 3. The molecule has 0 saturated heterocycles. The molecule has 0 aliphatic rings. The van der Waals surface area contributed by atoms with Crippen LogP contribution in [0, 0.1) is 0 Å². The van der Waals surface area contributed by atoms with Crippen molar-refractivity contribution in [1.82, 2.24) is 0 Å². The quantitative estimate of drug-likeness (QED) is 0.468. The van der Waals surface area contributed by atoms with E-state index in [1.54, 1.807) is 0 Å². The van der Waals surface area contributed by atoms with Gasteiger partial charge in [-0.05, 0) is 19.3 Å². The molecule has 0 amide bonds. The summed E-state index contributed by atoms with van der Waals surface area (Å²) in [6, 6.07) is 0. The summed E-state index contributed by atoms with van der Waals surface area (Å²) in [7, 11) is 0. The van der Waals surface area contributed by atoms with E-state index in [1.165, 1.54) is 0 Å². The molecule has 0 aliphatic carbocycles. The van der Waals surface area contributed by atoms with Gasteiger partial charge < -0.3 is 20.4 Å². The number of carboxylic acids is 3. The Hall–Kier alpha value is -1.63. The smallest absolute Gasteiger partial charge is 0.332 e. The summed E-state index contributed by atoms with van der Waals surface area (Å²) in [6.45, 7) is 1.95. The third-order valence-corrected chi connectivity index (χ3v) is 2.15. The number of rotatable bonds is 9. The maximum absolute atomic E-state index is 9.96. The van der Waals surface area contributed by atoms with Crippen LogP contribution < -0.4 is 0 Å². The van der Waals surface area contributed by atoms with Crippen molar-refractivity contribution in [3.63, 3.8) is 0 Å². The van der Waals surface area contributed by atoms with Crippen LogP contribution in [0.25, 0.3) is 0 Å². The molecule has 1 atom stereocenters. The van der Waals surface area contributed by atoms with E-state index in [4.69, 9.17) is 20.4 Å². The third-order valence-electron chi connectivity index (χ3n) is 2.15. The zero-order valence-corrected chi connectivity index (χ0v) is 11.0. The minimum Gasteiger partial charge on any atom is -0.481 e. The highest BCUT2D eigenvalue weighted by Gasteiger charge is 2.10. The van der Waals surface area contributed by atoms with E-state index in [-0.39, 0.29) is 12.8 Å². The first-order valence-corrected chi connectivity index (χ1v) is 6.15. The van der Waals surface area contributed by atoms with E-state index in [0.29, 0.717) is 19.3 Å². The van der Waals surface area contributed by atoms with Crippen molar-refractivity contribution in [2.75, 3.05) is 0 Å². The van der Waals surface area contributed by atoms with Crippen LogP contribution in [0.5, 0.6) is 0 Å². The Morgan fingerprint density at radius 2 is 1.32 bits per heavy atom. The zero-order valence-electron chi connectivity index (χ0n) is 11.0. The van der Waals surface area contributed by atoms with Gasteiger partial charge in [-0.2, -0.15) is 0 Å². The number of aliphatic hydroxyl groups is 1. The van der Waals surface area contributed by atoms with Crippen LogP contribution in [-0.2, 0) is 14.4 Å². The first-order chi connectivity index (χ1) is 8.81. The van der Waals surface area contributed by atoms with Gasteiger partial charge in [-0.1, -0.05) is 19.8 Å². The number of aliphatic hydroxyl groups excluding tert-OH is 1. The van der Waals surface area contributed by atoms with Gasteiger partial charge >= 0.3 is 17.9 Å². The van der Waals surface area contributed by atoms with Gasteiger partial charge in [0.2, 0.25) is 0 Å². The standard InChI is InChI=1S/C6H10O4.C6H12O3/c7-5(8)3-1-2-4-6(9)10;1-2-3-4-5(7)6(8)9/h1-4H2,(H,7,8)(H,9,10);5,7H,2-4H2,1H3,(H,8,9). The summed E-state index contributed by atoms with van der Waals surface area (Å²) in [5.74, 6) is -2.86. The average Bonchev–Trinajstić information content (AvgIpc) is 2.31. The second kappa shape index (κ2) is 12.8. The molecular formula is C12H22O7. The van der Waals surface area contributed by atoms with E-state index in [0.717, 1.165) is 12.8 Å². The molecule has 112 valence electrons. The molecule has 0 heterocycles. The van der Waals surface area contributed by atoms with Crippen molar-refractivity contribution >= 4 is 17.9 Å².